The molecule has 0 aliphatic rings. The lowest BCUT2D eigenvalue weighted by Crippen LogP contribution is -2.31. The number of pyridine rings is 1. The summed E-state index contributed by atoms with van der Waals surface area (Å²) in [7, 11) is 0. The van der Waals surface area contributed by atoms with E-state index in [1.54, 1.807) is 18.3 Å². The monoisotopic (exact) mass is 411 g/mol. The number of benzene rings is 1. The summed E-state index contributed by atoms with van der Waals surface area (Å²) in [4.78, 5) is 28.8. The van der Waals surface area contributed by atoms with Crippen molar-refractivity contribution in [2.45, 2.75) is 30.7 Å². The van der Waals surface area contributed by atoms with Crippen LogP contribution in [0.2, 0.25) is 0 Å². The summed E-state index contributed by atoms with van der Waals surface area (Å²) < 4.78 is 10.2. The van der Waals surface area contributed by atoms with Crippen molar-refractivity contribution in [3.63, 3.8) is 0 Å². The van der Waals surface area contributed by atoms with Crippen molar-refractivity contribution in [1.29, 1.82) is 0 Å². The van der Waals surface area contributed by atoms with Gasteiger partial charge in [-0.25, -0.2) is 9.78 Å². The van der Waals surface area contributed by atoms with E-state index in [-0.39, 0.29) is 18.6 Å². The summed E-state index contributed by atoms with van der Waals surface area (Å²) in [5.41, 5.74) is 2.04. The van der Waals surface area contributed by atoms with Crippen LogP contribution in [0.4, 0.5) is 0 Å². The van der Waals surface area contributed by atoms with E-state index in [2.05, 4.69) is 15.5 Å². The number of carbonyl (C=O) groups excluding carboxylic acids is 2. The molecule has 0 unspecified atom stereocenters. The summed E-state index contributed by atoms with van der Waals surface area (Å²) >= 11 is 1.35. The molecule has 3 rings (SSSR count). The molecule has 0 fully saturated rings. The highest BCUT2D eigenvalue weighted by Crippen LogP contribution is 2.24. The molecule has 150 valence electrons. The van der Waals surface area contributed by atoms with Crippen LogP contribution in [0.15, 0.2) is 64.3 Å². The molecule has 29 heavy (non-hydrogen) atoms. The molecule has 7 nitrogen and oxygen atoms in total. The number of amides is 1. The number of nitrogens with zero attached hydrogens (tertiary/aromatic N) is 2. The van der Waals surface area contributed by atoms with Gasteiger partial charge in [0.1, 0.15) is 10.8 Å². The van der Waals surface area contributed by atoms with Crippen LogP contribution in [-0.2, 0) is 15.3 Å². The lowest BCUT2D eigenvalue weighted by molar-refractivity contribution is -0.124. The van der Waals surface area contributed by atoms with E-state index in [9.17, 15) is 9.59 Å². The number of aryl methyl sites for hydroxylation is 1. The zero-order valence-electron chi connectivity index (χ0n) is 16.1. The molecule has 1 aromatic carbocycles. The fraction of sp³-hybridized carbons (Fsp3) is 0.238. The highest BCUT2D eigenvalue weighted by molar-refractivity contribution is 7.98. The number of rotatable bonds is 8. The highest BCUT2D eigenvalue weighted by atomic mass is 32.2. The van der Waals surface area contributed by atoms with Crippen LogP contribution >= 0.6 is 11.8 Å². The van der Waals surface area contributed by atoms with Crippen LogP contribution < -0.4 is 5.32 Å². The largest absolute Gasteiger partial charge is 0.452 e. The minimum atomic E-state index is -0.598. The Hall–Kier alpha value is -3.13. The lowest BCUT2D eigenvalue weighted by Gasteiger charge is -2.14. The standard InChI is InChI=1S/C21H21N3O4S/c1-14-11-17(24-28-14)13-29-20-18(9-6-10-22-20)21(26)27-12-19(25)23-15(2)16-7-4-3-5-8-16/h3-11,15H,12-13H2,1-2H3,(H,23,25)/t15-/m0/s1. The van der Waals surface area contributed by atoms with E-state index in [0.717, 1.165) is 17.0 Å². The van der Waals surface area contributed by atoms with Gasteiger partial charge in [-0.1, -0.05) is 47.3 Å². The fourth-order valence-corrected chi connectivity index (χ4v) is 3.47. The number of ether oxygens (including phenoxy) is 1. The van der Waals surface area contributed by atoms with Crippen LogP contribution in [0.5, 0.6) is 0 Å². The molecule has 1 N–H and O–H groups in total. The molecule has 0 bridgehead atoms. The molecule has 0 aliphatic carbocycles. The van der Waals surface area contributed by atoms with Crippen LogP contribution in [0.1, 0.15) is 40.3 Å². The summed E-state index contributed by atoms with van der Waals surface area (Å²) in [6.07, 6.45) is 1.60. The first-order chi connectivity index (χ1) is 14.0. The van der Waals surface area contributed by atoms with Crippen molar-refractivity contribution < 1.29 is 18.8 Å². The maximum absolute atomic E-state index is 12.5. The first-order valence-electron chi connectivity index (χ1n) is 9.04. The van der Waals surface area contributed by atoms with Gasteiger partial charge in [0.05, 0.1) is 17.3 Å². The second kappa shape index (κ2) is 9.88. The third-order valence-electron chi connectivity index (χ3n) is 4.04. The maximum atomic E-state index is 12.5. The van der Waals surface area contributed by atoms with Gasteiger partial charge in [0.25, 0.3) is 5.91 Å². The van der Waals surface area contributed by atoms with Crippen LogP contribution in [0.3, 0.4) is 0 Å². The summed E-state index contributed by atoms with van der Waals surface area (Å²) in [5.74, 6) is 0.256. The Bertz CT molecular complexity index is 975. The number of hydrogen-bond acceptors (Lipinski definition) is 7. The van der Waals surface area contributed by atoms with Gasteiger partial charge in [0, 0.05) is 18.0 Å². The van der Waals surface area contributed by atoms with Gasteiger partial charge in [-0.05, 0) is 31.5 Å². The van der Waals surface area contributed by atoms with Gasteiger partial charge in [0.2, 0.25) is 0 Å². The second-order valence-electron chi connectivity index (χ2n) is 6.35. The zero-order valence-corrected chi connectivity index (χ0v) is 16.9. The Morgan fingerprint density at radius 1 is 1.21 bits per heavy atom. The smallest absolute Gasteiger partial charge is 0.341 e. The van der Waals surface area contributed by atoms with Gasteiger partial charge in [-0.2, -0.15) is 0 Å². The van der Waals surface area contributed by atoms with E-state index in [1.165, 1.54) is 11.8 Å². The third kappa shape index (κ3) is 5.92. The van der Waals surface area contributed by atoms with Crippen LogP contribution in [0.25, 0.3) is 0 Å². The molecular weight excluding hydrogens is 390 g/mol. The molecule has 1 amide bonds. The Labute approximate surface area is 172 Å². The first kappa shape index (κ1) is 20.6. The molecule has 2 aromatic heterocycles. The van der Waals surface area contributed by atoms with Crippen molar-refractivity contribution >= 4 is 23.6 Å². The van der Waals surface area contributed by atoms with Gasteiger partial charge in [-0.3, -0.25) is 4.79 Å². The molecule has 0 spiro atoms. The van der Waals surface area contributed by atoms with Gasteiger partial charge in [0.15, 0.2) is 6.61 Å². The zero-order chi connectivity index (χ0) is 20.6. The number of hydrogen-bond donors (Lipinski definition) is 1. The molecule has 2 heterocycles. The number of thioether (sulfide) groups is 1. The molecule has 8 heteroatoms. The Balaban J connectivity index is 1.54. The number of carbonyl (C=O) groups is 2. The Morgan fingerprint density at radius 3 is 2.72 bits per heavy atom. The average Bonchev–Trinajstić information content (AvgIpc) is 3.16. The molecule has 0 saturated carbocycles. The SMILES string of the molecule is Cc1cc(CSc2ncccc2C(=O)OCC(=O)N[C@@H](C)c2ccccc2)no1. The predicted molar refractivity (Wildman–Crippen MR) is 108 cm³/mol. The lowest BCUT2D eigenvalue weighted by atomic mass is 10.1. The topological polar surface area (TPSA) is 94.3 Å². The number of esters is 1. The number of aromatic nitrogens is 2. The van der Waals surface area contributed by atoms with E-state index in [0.29, 0.717) is 16.3 Å². The van der Waals surface area contributed by atoms with E-state index in [1.807, 2.05) is 50.2 Å². The van der Waals surface area contributed by atoms with E-state index >= 15 is 0 Å². The summed E-state index contributed by atoms with van der Waals surface area (Å²) in [5, 5.41) is 7.25. The molecule has 1 atom stereocenters. The fourth-order valence-electron chi connectivity index (χ4n) is 2.61. The molecule has 0 aliphatic heterocycles. The van der Waals surface area contributed by atoms with E-state index < -0.39 is 5.97 Å². The maximum Gasteiger partial charge on any atom is 0.341 e. The second-order valence-corrected chi connectivity index (χ2v) is 7.31. The Kier molecular flexibility index (Phi) is 7.02. The van der Waals surface area contributed by atoms with Gasteiger partial charge in [-0.15, -0.1) is 0 Å². The molecule has 0 radical (unpaired) electrons. The molecular formula is C21H21N3O4S. The predicted octanol–water partition coefficient (Wildman–Crippen LogP) is 3.70. The minimum absolute atomic E-state index is 0.183. The highest BCUT2D eigenvalue weighted by Gasteiger charge is 2.17. The summed E-state index contributed by atoms with van der Waals surface area (Å²) in [6.45, 7) is 3.32. The summed E-state index contributed by atoms with van der Waals surface area (Å²) in [6, 6.07) is 14.5. The van der Waals surface area contributed by atoms with Crippen molar-refractivity contribution in [1.82, 2.24) is 15.5 Å². The Morgan fingerprint density at radius 2 is 2.00 bits per heavy atom. The quantitative estimate of drug-likeness (QED) is 0.446. The van der Waals surface area contributed by atoms with Crippen molar-refractivity contribution in [2.24, 2.45) is 0 Å². The normalized spacial score (nSPS) is 11.7. The minimum Gasteiger partial charge on any atom is -0.452 e. The van der Waals surface area contributed by atoms with Crippen LogP contribution in [-0.4, -0.2) is 28.6 Å². The van der Waals surface area contributed by atoms with E-state index in [4.69, 9.17) is 9.26 Å². The van der Waals surface area contributed by atoms with Gasteiger partial charge >= 0.3 is 5.97 Å². The van der Waals surface area contributed by atoms with Crippen molar-refractivity contribution in [2.75, 3.05) is 6.61 Å². The van der Waals surface area contributed by atoms with Crippen molar-refractivity contribution in [3.8, 4) is 0 Å². The average molecular weight is 411 g/mol. The third-order valence-corrected chi connectivity index (χ3v) is 5.07. The van der Waals surface area contributed by atoms with Gasteiger partial charge < -0.3 is 14.6 Å². The number of nitrogens with one attached hydrogen (secondary N) is 1. The first-order valence-corrected chi connectivity index (χ1v) is 10.0. The molecule has 3 aromatic rings. The van der Waals surface area contributed by atoms with Crippen LogP contribution in [0, 0.1) is 6.92 Å². The van der Waals surface area contributed by atoms with Crippen molar-refractivity contribution in [3.05, 3.63) is 77.3 Å². The molecule has 0 saturated heterocycles.